The van der Waals surface area contributed by atoms with Crippen LogP contribution in [-0.4, -0.2) is 54.1 Å². The van der Waals surface area contributed by atoms with Crippen molar-refractivity contribution in [3.05, 3.63) is 24.0 Å². The van der Waals surface area contributed by atoms with E-state index in [1.807, 2.05) is 6.20 Å². The van der Waals surface area contributed by atoms with Crippen molar-refractivity contribution >= 4 is 0 Å². The van der Waals surface area contributed by atoms with Crippen molar-refractivity contribution in [1.82, 2.24) is 14.8 Å². The van der Waals surface area contributed by atoms with E-state index in [-0.39, 0.29) is 0 Å². The summed E-state index contributed by atoms with van der Waals surface area (Å²) >= 11 is 0. The third-order valence-electron chi connectivity index (χ3n) is 3.55. The van der Waals surface area contributed by atoms with Gasteiger partial charge in [-0.2, -0.15) is 0 Å². The topological polar surface area (TPSA) is 28.6 Å². The van der Waals surface area contributed by atoms with Crippen LogP contribution in [0.15, 0.2) is 18.5 Å². The molecule has 2 heterocycles. The number of piperazine rings is 1. The number of hydrogen-bond donors (Lipinski definition) is 0. The van der Waals surface area contributed by atoms with Gasteiger partial charge in [-0.3, -0.25) is 14.8 Å². The zero-order valence-electron chi connectivity index (χ0n) is 11.6. The van der Waals surface area contributed by atoms with E-state index in [2.05, 4.69) is 34.7 Å². The third kappa shape index (κ3) is 3.43. The van der Waals surface area contributed by atoms with Crippen LogP contribution < -0.4 is 4.74 Å². The molecule has 0 spiro atoms. The van der Waals surface area contributed by atoms with Crippen molar-refractivity contribution in [2.75, 3.05) is 33.3 Å². The molecule has 18 heavy (non-hydrogen) atoms. The highest BCUT2D eigenvalue weighted by molar-refractivity contribution is 5.23. The minimum atomic E-state index is 0.658. The zero-order valence-corrected chi connectivity index (χ0v) is 11.6. The molecular weight excluding hydrogens is 226 g/mol. The first-order chi connectivity index (χ1) is 8.69. The molecule has 1 aliphatic rings. The van der Waals surface area contributed by atoms with Crippen LogP contribution in [-0.2, 0) is 6.54 Å². The van der Waals surface area contributed by atoms with Crippen molar-refractivity contribution < 1.29 is 4.74 Å². The van der Waals surface area contributed by atoms with Gasteiger partial charge in [-0.05, 0) is 25.5 Å². The molecule has 0 unspecified atom stereocenters. The summed E-state index contributed by atoms with van der Waals surface area (Å²) in [5.74, 6) is 0.841. The lowest BCUT2D eigenvalue weighted by Crippen LogP contribution is -2.48. The molecule has 4 nitrogen and oxygen atoms in total. The zero-order chi connectivity index (χ0) is 13.0. The van der Waals surface area contributed by atoms with Crippen LogP contribution in [0.1, 0.15) is 19.4 Å². The number of methoxy groups -OCH3 is 1. The smallest absolute Gasteiger partial charge is 0.137 e. The Labute approximate surface area is 110 Å². The standard InChI is InChI=1S/C14H23N3O/c1-12(2)17-6-4-16(5-7-17)11-13-8-14(18-3)10-15-9-13/h8-10,12H,4-7,11H2,1-3H3. The van der Waals surface area contributed by atoms with Gasteiger partial charge in [0.15, 0.2) is 0 Å². The van der Waals surface area contributed by atoms with E-state index in [1.165, 1.54) is 5.56 Å². The van der Waals surface area contributed by atoms with Crippen LogP contribution in [0.4, 0.5) is 0 Å². The van der Waals surface area contributed by atoms with Gasteiger partial charge in [-0.25, -0.2) is 0 Å². The Morgan fingerprint density at radius 2 is 1.94 bits per heavy atom. The highest BCUT2D eigenvalue weighted by Gasteiger charge is 2.18. The van der Waals surface area contributed by atoms with Crippen molar-refractivity contribution in [3.63, 3.8) is 0 Å². The van der Waals surface area contributed by atoms with Gasteiger partial charge in [-0.1, -0.05) is 0 Å². The summed E-state index contributed by atoms with van der Waals surface area (Å²) in [6, 6.07) is 2.73. The molecule has 0 bridgehead atoms. The SMILES string of the molecule is COc1cncc(CN2CCN(C(C)C)CC2)c1. The Kier molecular flexibility index (Phi) is 4.55. The first-order valence-electron chi connectivity index (χ1n) is 6.63. The lowest BCUT2D eigenvalue weighted by Gasteiger charge is -2.36. The fourth-order valence-corrected chi connectivity index (χ4v) is 2.36. The average Bonchev–Trinajstić information content (AvgIpc) is 2.39. The monoisotopic (exact) mass is 249 g/mol. The summed E-state index contributed by atoms with van der Waals surface area (Å²) < 4.78 is 5.20. The van der Waals surface area contributed by atoms with Crippen molar-refractivity contribution in [2.45, 2.75) is 26.4 Å². The Hall–Kier alpha value is -1.13. The fraction of sp³-hybridized carbons (Fsp3) is 0.643. The molecular formula is C14H23N3O. The van der Waals surface area contributed by atoms with E-state index in [1.54, 1.807) is 13.3 Å². The maximum absolute atomic E-state index is 5.20. The third-order valence-corrected chi connectivity index (χ3v) is 3.55. The predicted molar refractivity (Wildman–Crippen MR) is 72.8 cm³/mol. The molecule has 1 aliphatic heterocycles. The molecule has 0 amide bonds. The molecule has 0 atom stereocenters. The van der Waals surface area contributed by atoms with Gasteiger partial charge in [-0.15, -0.1) is 0 Å². The minimum Gasteiger partial charge on any atom is -0.495 e. The molecule has 4 heteroatoms. The number of hydrogen-bond acceptors (Lipinski definition) is 4. The molecule has 0 saturated carbocycles. The molecule has 0 aliphatic carbocycles. The largest absolute Gasteiger partial charge is 0.495 e. The number of nitrogens with zero attached hydrogens (tertiary/aromatic N) is 3. The lowest BCUT2D eigenvalue weighted by atomic mass is 10.2. The molecule has 2 rings (SSSR count). The summed E-state index contributed by atoms with van der Waals surface area (Å²) in [5.41, 5.74) is 1.23. The minimum absolute atomic E-state index is 0.658. The van der Waals surface area contributed by atoms with Crippen LogP contribution in [0.5, 0.6) is 5.75 Å². The van der Waals surface area contributed by atoms with E-state index >= 15 is 0 Å². The van der Waals surface area contributed by atoms with E-state index < -0.39 is 0 Å². The van der Waals surface area contributed by atoms with Gasteiger partial charge < -0.3 is 4.74 Å². The maximum Gasteiger partial charge on any atom is 0.137 e. The van der Waals surface area contributed by atoms with Crippen LogP contribution in [0.25, 0.3) is 0 Å². The molecule has 0 N–H and O–H groups in total. The number of ether oxygens (including phenoxy) is 1. The summed E-state index contributed by atoms with van der Waals surface area (Å²) in [7, 11) is 1.68. The average molecular weight is 249 g/mol. The molecule has 0 aromatic carbocycles. The normalized spacial score (nSPS) is 18.2. The van der Waals surface area contributed by atoms with Gasteiger partial charge in [0.2, 0.25) is 0 Å². The van der Waals surface area contributed by atoms with Crippen LogP contribution in [0.2, 0.25) is 0 Å². The Morgan fingerprint density at radius 3 is 2.56 bits per heavy atom. The van der Waals surface area contributed by atoms with Gasteiger partial charge in [0.25, 0.3) is 0 Å². The molecule has 0 radical (unpaired) electrons. The van der Waals surface area contributed by atoms with Gasteiger partial charge in [0.05, 0.1) is 13.3 Å². The first-order valence-corrected chi connectivity index (χ1v) is 6.63. The summed E-state index contributed by atoms with van der Waals surface area (Å²) in [4.78, 5) is 9.21. The molecule has 1 saturated heterocycles. The van der Waals surface area contributed by atoms with Crippen LogP contribution in [0, 0.1) is 0 Å². The first kappa shape index (κ1) is 13.3. The number of pyridine rings is 1. The predicted octanol–water partition coefficient (Wildman–Crippen LogP) is 1.62. The molecule has 1 fully saturated rings. The van der Waals surface area contributed by atoms with Crippen molar-refractivity contribution in [3.8, 4) is 5.75 Å². The van der Waals surface area contributed by atoms with Crippen LogP contribution in [0.3, 0.4) is 0 Å². The second-order valence-corrected chi connectivity index (χ2v) is 5.14. The van der Waals surface area contributed by atoms with Gasteiger partial charge in [0.1, 0.15) is 5.75 Å². The Morgan fingerprint density at radius 1 is 1.22 bits per heavy atom. The second kappa shape index (κ2) is 6.16. The lowest BCUT2D eigenvalue weighted by molar-refractivity contribution is 0.104. The summed E-state index contributed by atoms with van der Waals surface area (Å²) in [6.45, 7) is 10.1. The van der Waals surface area contributed by atoms with Crippen molar-refractivity contribution in [2.24, 2.45) is 0 Å². The molecule has 1 aromatic rings. The highest BCUT2D eigenvalue weighted by Crippen LogP contribution is 2.14. The summed E-state index contributed by atoms with van der Waals surface area (Å²) in [5, 5.41) is 0. The van der Waals surface area contributed by atoms with Crippen molar-refractivity contribution in [1.29, 1.82) is 0 Å². The Bertz CT molecular complexity index is 373. The van der Waals surface area contributed by atoms with E-state index in [9.17, 15) is 0 Å². The summed E-state index contributed by atoms with van der Waals surface area (Å²) in [6.07, 6.45) is 3.68. The van der Waals surface area contributed by atoms with E-state index in [0.29, 0.717) is 6.04 Å². The number of aromatic nitrogens is 1. The van der Waals surface area contributed by atoms with Gasteiger partial charge >= 0.3 is 0 Å². The second-order valence-electron chi connectivity index (χ2n) is 5.14. The quantitative estimate of drug-likeness (QED) is 0.810. The maximum atomic E-state index is 5.20. The molecule has 100 valence electrons. The number of rotatable bonds is 4. The van der Waals surface area contributed by atoms with E-state index in [0.717, 1.165) is 38.5 Å². The van der Waals surface area contributed by atoms with Gasteiger partial charge in [0, 0.05) is 45.0 Å². The molecule has 1 aromatic heterocycles. The Balaban J connectivity index is 1.87. The van der Waals surface area contributed by atoms with E-state index in [4.69, 9.17) is 4.74 Å². The highest BCUT2D eigenvalue weighted by atomic mass is 16.5. The fourth-order valence-electron chi connectivity index (χ4n) is 2.36. The van der Waals surface area contributed by atoms with Crippen LogP contribution >= 0.6 is 0 Å².